The van der Waals surface area contributed by atoms with Crippen molar-refractivity contribution in [3.63, 3.8) is 0 Å². The molecule has 0 spiro atoms. The molecule has 0 unspecified atom stereocenters. The van der Waals surface area contributed by atoms with E-state index in [1.54, 1.807) is 0 Å². The number of phosphoric acid groups is 1. The van der Waals surface area contributed by atoms with Crippen LogP contribution in [0.4, 0.5) is 0 Å². The largest absolute Gasteiger partial charge is 0.469 e. The van der Waals surface area contributed by atoms with Crippen LogP contribution in [-0.4, -0.2) is 41.0 Å². The van der Waals surface area contributed by atoms with E-state index in [9.17, 15) is 14.2 Å². The summed E-state index contributed by atoms with van der Waals surface area (Å²) in [4.78, 5) is 42.9. The Balaban J connectivity index is 4.02. The maximum Gasteiger partial charge on any atom is 0.469 e. The minimum Gasteiger partial charge on any atom is -0.462 e. The summed E-state index contributed by atoms with van der Waals surface area (Å²) in [7, 11) is -4.77. The molecule has 0 aromatic carbocycles. The first kappa shape index (κ1) is 52.5. The summed E-state index contributed by atoms with van der Waals surface area (Å²) >= 11 is 0. The molecule has 0 rings (SSSR count). The van der Waals surface area contributed by atoms with Gasteiger partial charge < -0.3 is 19.3 Å². The molecule has 8 nitrogen and oxygen atoms in total. The molecule has 0 fully saturated rings. The summed E-state index contributed by atoms with van der Waals surface area (Å²) in [6.07, 6.45) is 53.5. The van der Waals surface area contributed by atoms with Gasteiger partial charge in [0.25, 0.3) is 0 Å². The number of hydrogen-bond donors (Lipinski definition) is 2. The maximum absolute atomic E-state index is 12.4. The van der Waals surface area contributed by atoms with E-state index in [4.69, 9.17) is 19.3 Å². The lowest BCUT2D eigenvalue weighted by Crippen LogP contribution is -2.29. The predicted octanol–water partition coefficient (Wildman–Crippen LogP) is 13.5. The molecule has 0 aromatic rings. The Kier molecular flexibility index (Phi) is 39.3. The van der Waals surface area contributed by atoms with Gasteiger partial charge >= 0.3 is 19.8 Å². The second-order valence-electron chi connectivity index (χ2n) is 14.3. The molecule has 0 aliphatic rings. The van der Waals surface area contributed by atoms with Gasteiger partial charge in [0.15, 0.2) is 6.10 Å². The molecule has 55 heavy (non-hydrogen) atoms. The fraction of sp³-hybridized carbons (Fsp3) is 0.696. The molecule has 0 radical (unpaired) electrons. The second-order valence-corrected chi connectivity index (χ2v) is 15.5. The molecule has 1 atom stereocenters. The van der Waals surface area contributed by atoms with Gasteiger partial charge in [0, 0.05) is 12.8 Å². The normalized spacial score (nSPS) is 13.2. The van der Waals surface area contributed by atoms with Gasteiger partial charge in [-0.2, -0.15) is 0 Å². The van der Waals surface area contributed by atoms with Crippen molar-refractivity contribution in [3.05, 3.63) is 72.9 Å². The molecular formula is C46H79O8P. The third-order valence-corrected chi connectivity index (χ3v) is 9.49. The van der Waals surface area contributed by atoms with E-state index >= 15 is 0 Å². The maximum atomic E-state index is 12.4. The number of hydrogen-bond acceptors (Lipinski definition) is 6. The van der Waals surface area contributed by atoms with Gasteiger partial charge in [-0.3, -0.25) is 14.1 Å². The molecular weight excluding hydrogens is 711 g/mol. The van der Waals surface area contributed by atoms with E-state index in [0.29, 0.717) is 12.8 Å². The third kappa shape index (κ3) is 44.1. The Bertz CT molecular complexity index is 1120. The van der Waals surface area contributed by atoms with Crippen LogP contribution in [0.25, 0.3) is 0 Å². The van der Waals surface area contributed by atoms with Gasteiger partial charge in [-0.25, -0.2) is 4.57 Å². The zero-order valence-corrected chi connectivity index (χ0v) is 35.7. The standard InChI is InChI=1S/C46H79O8P/c1-3-5-7-9-11-13-15-17-19-21-23-25-26-28-30-32-34-36-38-40-45(47)52-42-44(43-53-55(49,50)51)54-46(48)41-39-37-35-33-31-29-27-24-22-20-18-16-14-12-10-8-6-4-2/h5,7,11,13,17,19,23,25,28,30,34,36,44H,3-4,6,8-10,12,14-16,18,20-22,24,26-27,29,31-33,35,37-43H2,1-2H3,(H2,49,50,51)/b7-5-,13-11-,19-17-,25-23-,30-28-,36-34-/t44-/m1/s1. The smallest absolute Gasteiger partial charge is 0.462 e. The molecule has 0 saturated heterocycles. The van der Waals surface area contributed by atoms with Gasteiger partial charge in [0.2, 0.25) is 0 Å². The van der Waals surface area contributed by atoms with Crippen LogP contribution in [0.5, 0.6) is 0 Å². The Morgan fingerprint density at radius 1 is 0.491 bits per heavy atom. The first-order chi connectivity index (χ1) is 26.8. The summed E-state index contributed by atoms with van der Waals surface area (Å²) in [5, 5.41) is 0. The first-order valence-corrected chi connectivity index (χ1v) is 23.3. The number of esters is 2. The van der Waals surface area contributed by atoms with E-state index in [1.165, 1.54) is 89.9 Å². The minimum atomic E-state index is -4.77. The van der Waals surface area contributed by atoms with Gasteiger partial charge in [0.1, 0.15) is 6.61 Å². The molecule has 9 heteroatoms. The molecule has 0 bridgehead atoms. The third-order valence-electron chi connectivity index (χ3n) is 9.00. The van der Waals surface area contributed by atoms with Crippen LogP contribution < -0.4 is 0 Å². The molecule has 0 heterocycles. The highest BCUT2D eigenvalue weighted by molar-refractivity contribution is 7.46. The number of rotatable bonds is 39. The first-order valence-electron chi connectivity index (χ1n) is 21.7. The molecule has 0 amide bonds. The van der Waals surface area contributed by atoms with Crippen molar-refractivity contribution in [2.45, 2.75) is 193 Å². The summed E-state index contributed by atoms with van der Waals surface area (Å²) in [5.41, 5.74) is 0. The van der Waals surface area contributed by atoms with E-state index in [2.05, 4.69) is 79.1 Å². The van der Waals surface area contributed by atoms with Gasteiger partial charge in [-0.15, -0.1) is 0 Å². The zero-order chi connectivity index (χ0) is 40.3. The number of ether oxygens (including phenoxy) is 2. The predicted molar refractivity (Wildman–Crippen MR) is 230 cm³/mol. The van der Waals surface area contributed by atoms with Crippen molar-refractivity contribution in [2.24, 2.45) is 0 Å². The number of phosphoric ester groups is 1. The molecule has 0 aliphatic heterocycles. The summed E-state index contributed by atoms with van der Waals surface area (Å²) in [6.45, 7) is 3.52. The zero-order valence-electron chi connectivity index (χ0n) is 34.8. The van der Waals surface area contributed by atoms with E-state index in [1.807, 2.05) is 12.2 Å². The second kappa shape index (κ2) is 41.1. The van der Waals surface area contributed by atoms with Crippen LogP contribution in [0.1, 0.15) is 187 Å². The van der Waals surface area contributed by atoms with Gasteiger partial charge in [-0.1, -0.05) is 196 Å². The van der Waals surface area contributed by atoms with Gasteiger partial charge in [0.05, 0.1) is 6.61 Å². The SMILES string of the molecule is CC/C=C\C/C=C\C/C=C\C/C=C\C/C=C\C/C=C\CCC(=O)OC[C@H](COP(=O)(O)O)OC(=O)CCCCCCCCCCCCCCCCCCCC. The van der Waals surface area contributed by atoms with E-state index < -0.39 is 32.5 Å². The minimum absolute atomic E-state index is 0.140. The van der Waals surface area contributed by atoms with Crippen LogP contribution in [-0.2, 0) is 28.2 Å². The Hall–Kier alpha value is -2.51. The number of allylic oxidation sites excluding steroid dienone is 12. The average Bonchev–Trinajstić information content (AvgIpc) is 3.16. The van der Waals surface area contributed by atoms with Crippen LogP contribution in [0, 0.1) is 0 Å². The van der Waals surface area contributed by atoms with Crippen molar-refractivity contribution < 1.29 is 37.9 Å². The van der Waals surface area contributed by atoms with Crippen LogP contribution in [0.15, 0.2) is 72.9 Å². The van der Waals surface area contributed by atoms with Crippen LogP contribution in [0.3, 0.4) is 0 Å². The highest BCUT2D eigenvalue weighted by Crippen LogP contribution is 2.36. The molecule has 316 valence electrons. The lowest BCUT2D eigenvalue weighted by molar-refractivity contribution is -0.161. The van der Waals surface area contributed by atoms with E-state index in [-0.39, 0.29) is 19.4 Å². The Labute approximate surface area is 336 Å². The Morgan fingerprint density at radius 2 is 0.873 bits per heavy atom. The summed E-state index contributed by atoms with van der Waals surface area (Å²) in [5.74, 6) is -0.981. The average molecular weight is 791 g/mol. The number of unbranched alkanes of at least 4 members (excludes halogenated alkanes) is 17. The lowest BCUT2D eigenvalue weighted by Gasteiger charge is -2.18. The topological polar surface area (TPSA) is 119 Å². The fourth-order valence-electron chi connectivity index (χ4n) is 5.81. The highest BCUT2D eigenvalue weighted by atomic mass is 31.2. The van der Waals surface area contributed by atoms with Crippen molar-refractivity contribution in [1.29, 1.82) is 0 Å². The highest BCUT2D eigenvalue weighted by Gasteiger charge is 2.22. The van der Waals surface area contributed by atoms with Crippen molar-refractivity contribution in [2.75, 3.05) is 13.2 Å². The Morgan fingerprint density at radius 3 is 1.27 bits per heavy atom. The molecule has 0 aromatic heterocycles. The monoisotopic (exact) mass is 791 g/mol. The van der Waals surface area contributed by atoms with Crippen molar-refractivity contribution in [1.82, 2.24) is 0 Å². The fourth-order valence-corrected chi connectivity index (χ4v) is 6.17. The lowest BCUT2D eigenvalue weighted by atomic mass is 10.0. The van der Waals surface area contributed by atoms with Crippen LogP contribution >= 0.6 is 7.82 Å². The van der Waals surface area contributed by atoms with Gasteiger partial charge in [-0.05, 0) is 51.4 Å². The number of carbonyl (C=O) groups excluding carboxylic acids is 2. The molecule has 0 saturated carbocycles. The van der Waals surface area contributed by atoms with Crippen molar-refractivity contribution in [3.8, 4) is 0 Å². The molecule has 2 N–H and O–H groups in total. The number of carbonyl (C=O) groups is 2. The van der Waals surface area contributed by atoms with Crippen molar-refractivity contribution >= 4 is 19.8 Å². The quantitative estimate of drug-likeness (QED) is 0.0273. The van der Waals surface area contributed by atoms with E-state index in [0.717, 1.165) is 57.8 Å². The molecule has 0 aliphatic carbocycles. The summed E-state index contributed by atoms with van der Waals surface area (Å²) in [6, 6.07) is 0. The summed E-state index contributed by atoms with van der Waals surface area (Å²) < 4.78 is 26.3. The van der Waals surface area contributed by atoms with Crippen LogP contribution in [0.2, 0.25) is 0 Å².